The summed E-state index contributed by atoms with van der Waals surface area (Å²) in [5.41, 5.74) is 1.22. The number of fused-ring (bicyclic) bond motifs is 1. The van der Waals surface area contributed by atoms with Gasteiger partial charge in [-0.2, -0.15) is 0 Å². The zero-order valence-corrected chi connectivity index (χ0v) is 12.6. The van der Waals surface area contributed by atoms with Gasteiger partial charge < -0.3 is 10.6 Å². The van der Waals surface area contributed by atoms with Gasteiger partial charge >= 0.3 is 0 Å². The molecular weight excluding hydrogens is 280 g/mol. The van der Waals surface area contributed by atoms with Crippen LogP contribution in [0.25, 0.3) is 10.1 Å². The van der Waals surface area contributed by atoms with Crippen LogP contribution in [-0.4, -0.2) is 23.1 Å². The quantitative estimate of drug-likeness (QED) is 0.657. The van der Waals surface area contributed by atoms with E-state index in [-0.39, 0.29) is 0 Å². The molecule has 5 heteroatoms. The maximum Gasteiger partial charge on any atom is 0.134 e. The van der Waals surface area contributed by atoms with E-state index in [1.807, 2.05) is 18.5 Å². The lowest BCUT2D eigenvalue weighted by Crippen LogP contribution is -2.18. The molecule has 2 N–H and O–H groups in total. The Labute approximate surface area is 128 Å². The van der Waals surface area contributed by atoms with Gasteiger partial charge in [-0.15, -0.1) is 11.3 Å². The number of nitrogens with zero attached hydrogens (tertiary/aromatic N) is 2. The highest BCUT2D eigenvalue weighted by molar-refractivity contribution is 7.17. The molecule has 3 heterocycles. The molecule has 0 unspecified atom stereocenters. The second-order valence-corrected chi connectivity index (χ2v) is 5.76. The highest BCUT2D eigenvalue weighted by atomic mass is 32.1. The summed E-state index contributed by atoms with van der Waals surface area (Å²) >= 11 is 1.75. The molecule has 0 spiro atoms. The molecule has 3 aromatic heterocycles. The normalized spacial score (nSPS) is 10.9. The fourth-order valence-electron chi connectivity index (χ4n) is 2.19. The zero-order chi connectivity index (χ0) is 14.3. The van der Waals surface area contributed by atoms with Gasteiger partial charge in [0.25, 0.3) is 0 Å². The van der Waals surface area contributed by atoms with Crippen molar-refractivity contribution in [3.05, 3.63) is 53.8 Å². The van der Waals surface area contributed by atoms with Crippen LogP contribution in [0.4, 0.5) is 5.82 Å². The maximum atomic E-state index is 4.41. The number of nitrogens with one attached hydrogen (secondary N) is 2. The SMILES string of the molecule is c1cncc(CNCCCNc2nccc3sccc23)c1. The average molecular weight is 298 g/mol. The number of hydrogen-bond donors (Lipinski definition) is 2. The van der Waals surface area contributed by atoms with Gasteiger partial charge in [0.1, 0.15) is 5.82 Å². The minimum atomic E-state index is 0.867. The molecule has 0 saturated carbocycles. The molecule has 0 fully saturated rings. The molecule has 4 nitrogen and oxygen atoms in total. The van der Waals surface area contributed by atoms with E-state index in [4.69, 9.17) is 0 Å². The first-order valence-corrected chi connectivity index (χ1v) is 7.97. The number of pyridine rings is 2. The molecule has 0 aromatic carbocycles. The first-order chi connectivity index (χ1) is 10.4. The first-order valence-electron chi connectivity index (χ1n) is 7.09. The van der Waals surface area contributed by atoms with Gasteiger partial charge in [0.15, 0.2) is 0 Å². The molecule has 21 heavy (non-hydrogen) atoms. The van der Waals surface area contributed by atoms with Crippen molar-refractivity contribution in [3.8, 4) is 0 Å². The molecule has 3 aromatic rings. The van der Waals surface area contributed by atoms with Crippen molar-refractivity contribution in [2.24, 2.45) is 0 Å². The minimum absolute atomic E-state index is 0.867. The van der Waals surface area contributed by atoms with Gasteiger partial charge in [-0.25, -0.2) is 4.98 Å². The van der Waals surface area contributed by atoms with Gasteiger partial charge in [-0.3, -0.25) is 4.98 Å². The number of thiophene rings is 1. The Balaban J connectivity index is 1.40. The fourth-order valence-corrected chi connectivity index (χ4v) is 2.97. The van der Waals surface area contributed by atoms with E-state index >= 15 is 0 Å². The molecule has 0 radical (unpaired) electrons. The van der Waals surface area contributed by atoms with Gasteiger partial charge in [0, 0.05) is 41.8 Å². The van der Waals surface area contributed by atoms with E-state index in [1.165, 1.54) is 15.6 Å². The van der Waals surface area contributed by atoms with Crippen molar-refractivity contribution in [2.45, 2.75) is 13.0 Å². The third kappa shape index (κ3) is 3.77. The molecule has 0 aliphatic heterocycles. The lowest BCUT2D eigenvalue weighted by atomic mass is 10.3. The molecule has 3 rings (SSSR count). The molecule has 108 valence electrons. The van der Waals surface area contributed by atoms with Gasteiger partial charge in [0.2, 0.25) is 0 Å². The van der Waals surface area contributed by atoms with Crippen molar-refractivity contribution < 1.29 is 0 Å². The topological polar surface area (TPSA) is 49.8 Å². The van der Waals surface area contributed by atoms with Crippen LogP contribution in [0.1, 0.15) is 12.0 Å². The highest BCUT2D eigenvalue weighted by Gasteiger charge is 2.02. The molecule has 0 aliphatic carbocycles. The summed E-state index contributed by atoms with van der Waals surface area (Å²) in [5, 5.41) is 10.2. The van der Waals surface area contributed by atoms with Crippen molar-refractivity contribution >= 4 is 27.2 Å². The molecular formula is C16H18N4S. The summed E-state index contributed by atoms with van der Waals surface area (Å²) in [6.45, 7) is 2.76. The summed E-state index contributed by atoms with van der Waals surface area (Å²) in [7, 11) is 0. The van der Waals surface area contributed by atoms with Crippen LogP contribution in [0, 0.1) is 0 Å². The molecule has 0 atom stereocenters. The number of hydrogen-bond acceptors (Lipinski definition) is 5. The van der Waals surface area contributed by atoms with Gasteiger partial charge in [-0.1, -0.05) is 6.07 Å². The Morgan fingerprint density at radius 2 is 2.10 bits per heavy atom. The van der Waals surface area contributed by atoms with Crippen LogP contribution in [0.2, 0.25) is 0 Å². The van der Waals surface area contributed by atoms with Gasteiger partial charge in [0.05, 0.1) is 0 Å². The molecule has 0 aliphatic rings. The number of anilines is 1. The fraction of sp³-hybridized carbons (Fsp3) is 0.250. The standard InChI is InChI=1S/C16H18N4S/c1-3-13(11-17-6-1)12-18-7-2-8-19-16-14-5-10-21-15(14)4-9-20-16/h1,3-6,9-11,18H,2,7-8,12H2,(H,19,20). The van der Waals surface area contributed by atoms with E-state index in [0.717, 1.165) is 31.9 Å². The smallest absolute Gasteiger partial charge is 0.134 e. The third-order valence-electron chi connectivity index (χ3n) is 3.25. The van der Waals surface area contributed by atoms with Crippen LogP contribution in [0.3, 0.4) is 0 Å². The van der Waals surface area contributed by atoms with E-state index < -0.39 is 0 Å². The predicted octanol–water partition coefficient (Wildman–Crippen LogP) is 3.28. The lowest BCUT2D eigenvalue weighted by molar-refractivity contribution is 0.661. The Morgan fingerprint density at radius 1 is 1.10 bits per heavy atom. The van der Waals surface area contributed by atoms with Crippen LogP contribution in [0.15, 0.2) is 48.2 Å². The summed E-state index contributed by atoms with van der Waals surface area (Å²) in [6, 6.07) is 8.22. The summed E-state index contributed by atoms with van der Waals surface area (Å²) < 4.78 is 1.28. The number of aromatic nitrogens is 2. The molecule has 0 bridgehead atoms. The Kier molecular flexibility index (Phi) is 4.76. The Morgan fingerprint density at radius 3 is 3.00 bits per heavy atom. The van der Waals surface area contributed by atoms with E-state index in [9.17, 15) is 0 Å². The van der Waals surface area contributed by atoms with E-state index in [1.54, 1.807) is 17.5 Å². The lowest BCUT2D eigenvalue weighted by Gasteiger charge is -2.07. The Hall–Kier alpha value is -1.98. The van der Waals surface area contributed by atoms with Gasteiger partial charge in [-0.05, 0) is 42.1 Å². The molecule has 0 amide bonds. The Bertz CT molecular complexity index is 681. The van der Waals surface area contributed by atoms with Crippen LogP contribution < -0.4 is 10.6 Å². The predicted molar refractivity (Wildman–Crippen MR) is 88.7 cm³/mol. The minimum Gasteiger partial charge on any atom is -0.369 e. The van der Waals surface area contributed by atoms with Crippen molar-refractivity contribution in [1.82, 2.24) is 15.3 Å². The first kappa shape index (κ1) is 14.0. The summed E-state index contributed by atoms with van der Waals surface area (Å²) in [4.78, 5) is 8.52. The largest absolute Gasteiger partial charge is 0.369 e. The van der Waals surface area contributed by atoms with Crippen molar-refractivity contribution in [1.29, 1.82) is 0 Å². The van der Waals surface area contributed by atoms with E-state index in [2.05, 4.69) is 44.2 Å². The molecule has 0 saturated heterocycles. The summed E-state index contributed by atoms with van der Waals surface area (Å²) in [5.74, 6) is 0.987. The zero-order valence-electron chi connectivity index (χ0n) is 11.7. The maximum absolute atomic E-state index is 4.41. The second-order valence-electron chi connectivity index (χ2n) is 4.81. The van der Waals surface area contributed by atoms with Crippen LogP contribution in [-0.2, 0) is 6.54 Å². The number of rotatable bonds is 7. The third-order valence-corrected chi connectivity index (χ3v) is 4.14. The van der Waals surface area contributed by atoms with Crippen molar-refractivity contribution in [2.75, 3.05) is 18.4 Å². The van der Waals surface area contributed by atoms with E-state index in [0.29, 0.717) is 0 Å². The van der Waals surface area contributed by atoms with Crippen LogP contribution >= 0.6 is 11.3 Å². The average Bonchev–Trinajstić information content (AvgIpc) is 3.01. The summed E-state index contributed by atoms with van der Waals surface area (Å²) in [6.07, 6.45) is 6.61. The van der Waals surface area contributed by atoms with Crippen molar-refractivity contribution in [3.63, 3.8) is 0 Å². The monoisotopic (exact) mass is 298 g/mol. The van der Waals surface area contributed by atoms with Crippen LogP contribution in [0.5, 0.6) is 0 Å². The second kappa shape index (κ2) is 7.15. The highest BCUT2D eigenvalue weighted by Crippen LogP contribution is 2.25.